The van der Waals surface area contributed by atoms with Crippen LogP contribution in [0.4, 0.5) is 5.69 Å². The number of pyridine rings is 1. The molecule has 1 fully saturated rings. The number of nitrogens with zero attached hydrogens (tertiary/aromatic N) is 2. The van der Waals surface area contributed by atoms with Crippen molar-refractivity contribution in [2.24, 2.45) is 0 Å². The quantitative estimate of drug-likeness (QED) is 0.795. The summed E-state index contributed by atoms with van der Waals surface area (Å²) in [6.07, 6.45) is 3.19. The fourth-order valence-electron chi connectivity index (χ4n) is 2.41. The summed E-state index contributed by atoms with van der Waals surface area (Å²) in [6.45, 7) is 0.0698. The van der Waals surface area contributed by atoms with Gasteiger partial charge in [0.15, 0.2) is 0 Å². The van der Waals surface area contributed by atoms with Gasteiger partial charge in [-0.3, -0.25) is 9.78 Å². The van der Waals surface area contributed by atoms with Crippen molar-refractivity contribution in [2.75, 3.05) is 11.4 Å². The zero-order chi connectivity index (χ0) is 14.3. The Kier molecular flexibility index (Phi) is 3.14. The minimum atomic E-state index is -3.74. The number of aromatic nitrogens is 1. The Balaban J connectivity index is 2.06. The summed E-state index contributed by atoms with van der Waals surface area (Å²) in [7, 11) is 1.61. The topological polar surface area (TPSA) is 67.3 Å². The Bertz CT molecular complexity index is 786. The molecule has 0 saturated carbocycles. The third-order valence-electron chi connectivity index (χ3n) is 3.43. The van der Waals surface area contributed by atoms with Gasteiger partial charge in [0.1, 0.15) is 5.25 Å². The van der Waals surface area contributed by atoms with Crippen LogP contribution < -0.4 is 4.90 Å². The van der Waals surface area contributed by atoms with Crippen molar-refractivity contribution in [1.82, 2.24) is 4.98 Å². The SMILES string of the molecule is O=C1CC(S(=O)(=O)Cl)CN1c1cncc2ccccc12. The lowest BCUT2D eigenvalue weighted by Crippen LogP contribution is -2.27. The first-order valence-electron chi connectivity index (χ1n) is 6.03. The number of rotatable bonds is 2. The van der Waals surface area contributed by atoms with E-state index in [1.54, 1.807) is 12.4 Å². The van der Waals surface area contributed by atoms with E-state index in [9.17, 15) is 13.2 Å². The molecule has 20 heavy (non-hydrogen) atoms. The maximum Gasteiger partial charge on any atom is 0.237 e. The normalized spacial score (nSPS) is 19.8. The van der Waals surface area contributed by atoms with Crippen molar-refractivity contribution in [3.8, 4) is 0 Å². The molecule has 2 heterocycles. The molecule has 5 nitrogen and oxygen atoms in total. The van der Waals surface area contributed by atoms with Gasteiger partial charge in [-0.1, -0.05) is 24.3 Å². The van der Waals surface area contributed by atoms with Crippen LogP contribution in [0.15, 0.2) is 36.7 Å². The number of amides is 1. The summed E-state index contributed by atoms with van der Waals surface area (Å²) in [5, 5.41) is 0.897. The van der Waals surface area contributed by atoms with E-state index in [0.717, 1.165) is 10.8 Å². The van der Waals surface area contributed by atoms with Gasteiger partial charge in [0.2, 0.25) is 15.0 Å². The molecule has 0 N–H and O–H groups in total. The highest BCUT2D eigenvalue weighted by Gasteiger charge is 2.38. The molecule has 3 rings (SSSR count). The van der Waals surface area contributed by atoms with Crippen LogP contribution in [0.5, 0.6) is 0 Å². The molecule has 0 spiro atoms. The zero-order valence-electron chi connectivity index (χ0n) is 10.4. The molecule has 1 aromatic heterocycles. The second-order valence-corrected chi connectivity index (χ2v) is 7.59. The van der Waals surface area contributed by atoms with Crippen LogP contribution in [0, 0.1) is 0 Å². The number of halogens is 1. The van der Waals surface area contributed by atoms with Crippen LogP contribution in [0.1, 0.15) is 6.42 Å². The minimum Gasteiger partial charge on any atom is -0.309 e. The van der Waals surface area contributed by atoms with Gasteiger partial charge in [-0.2, -0.15) is 0 Å². The van der Waals surface area contributed by atoms with Gasteiger partial charge < -0.3 is 4.90 Å². The Morgan fingerprint density at radius 3 is 2.70 bits per heavy atom. The predicted octanol–water partition coefficient (Wildman–Crippen LogP) is 1.91. The second-order valence-electron chi connectivity index (χ2n) is 4.69. The predicted molar refractivity (Wildman–Crippen MR) is 77.3 cm³/mol. The molecule has 1 atom stereocenters. The Labute approximate surface area is 120 Å². The summed E-state index contributed by atoms with van der Waals surface area (Å²) in [5.74, 6) is -0.252. The molecule has 2 aromatic rings. The molecule has 1 amide bonds. The summed E-state index contributed by atoms with van der Waals surface area (Å²) in [4.78, 5) is 17.6. The lowest BCUT2D eigenvalue weighted by molar-refractivity contribution is -0.117. The van der Waals surface area contributed by atoms with Crippen LogP contribution in [-0.2, 0) is 13.8 Å². The molecule has 1 saturated heterocycles. The molecule has 1 unspecified atom stereocenters. The minimum absolute atomic E-state index is 0.0698. The Morgan fingerprint density at radius 2 is 2.00 bits per heavy atom. The standard InChI is InChI=1S/C13H11ClN2O3S/c14-20(18,19)10-5-13(17)16(8-10)12-7-15-6-9-3-1-2-4-11(9)12/h1-4,6-7,10H,5,8H2. The van der Waals surface area contributed by atoms with Crippen LogP contribution in [0.3, 0.4) is 0 Å². The third-order valence-corrected chi connectivity index (χ3v) is 5.29. The number of hydrogen-bond acceptors (Lipinski definition) is 4. The van der Waals surface area contributed by atoms with Crippen LogP contribution in [-0.4, -0.2) is 31.1 Å². The number of carbonyl (C=O) groups is 1. The molecule has 1 aliphatic rings. The van der Waals surface area contributed by atoms with Gasteiger partial charge in [-0.25, -0.2) is 8.42 Å². The van der Waals surface area contributed by atoms with E-state index in [4.69, 9.17) is 10.7 Å². The van der Waals surface area contributed by atoms with E-state index in [1.807, 2.05) is 24.3 Å². The Hall–Kier alpha value is -1.66. The van der Waals surface area contributed by atoms with Crippen LogP contribution >= 0.6 is 10.7 Å². The van der Waals surface area contributed by atoms with E-state index < -0.39 is 14.3 Å². The third kappa shape index (κ3) is 2.25. The fraction of sp³-hybridized carbons (Fsp3) is 0.231. The average Bonchev–Trinajstić information content (AvgIpc) is 2.80. The fourth-order valence-corrected chi connectivity index (χ4v) is 3.44. The van der Waals surface area contributed by atoms with Crippen molar-refractivity contribution in [1.29, 1.82) is 0 Å². The highest BCUT2D eigenvalue weighted by atomic mass is 35.7. The zero-order valence-corrected chi connectivity index (χ0v) is 11.9. The summed E-state index contributed by atoms with van der Waals surface area (Å²) in [5.41, 5.74) is 0.621. The maximum atomic E-state index is 12.1. The lowest BCUT2D eigenvalue weighted by atomic mass is 10.1. The molecule has 0 radical (unpaired) electrons. The largest absolute Gasteiger partial charge is 0.309 e. The molecule has 1 aliphatic heterocycles. The van der Waals surface area contributed by atoms with Gasteiger partial charge in [0, 0.05) is 40.6 Å². The number of benzene rings is 1. The second kappa shape index (κ2) is 4.71. The van der Waals surface area contributed by atoms with Crippen LogP contribution in [0.2, 0.25) is 0 Å². The molecule has 104 valence electrons. The van der Waals surface area contributed by atoms with E-state index in [-0.39, 0.29) is 18.9 Å². The highest BCUT2D eigenvalue weighted by molar-refractivity contribution is 8.14. The van der Waals surface area contributed by atoms with E-state index >= 15 is 0 Å². The number of fused-ring (bicyclic) bond motifs is 1. The van der Waals surface area contributed by atoms with E-state index in [0.29, 0.717) is 5.69 Å². The van der Waals surface area contributed by atoms with Crippen molar-refractivity contribution < 1.29 is 13.2 Å². The first-order chi connectivity index (χ1) is 9.47. The van der Waals surface area contributed by atoms with E-state index in [1.165, 1.54) is 4.90 Å². The van der Waals surface area contributed by atoms with Gasteiger partial charge in [-0.15, -0.1) is 0 Å². The number of anilines is 1. The van der Waals surface area contributed by atoms with Crippen molar-refractivity contribution in [2.45, 2.75) is 11.7 Å². The summed E-state index contributed by atoms with van der Waals surface area (Å²) < 4.78 is 22.8. The lowest BCUT2D eigenvalue weighted by Gasteiger charge is -2.17. The molecule has 0 bridgehead atoms. The van der Waals surface area contributed by atoms with Crippen molar-refractivity contribution in [3.05, 3.63) is 36.7 Å². The molecule has 1 aromatic carbocycles. The summed E-state index contributed by atoms with van der Waals surface area (Å²) in [6, 6.07) is 7.51. The molecule has 0 aliphatic carbocycles. The van der Waals surface area contributed by atoms with Gasteiger partial charge in [0.25, 0.3) is 0 Å². The maximum absolute atomic E-state index is 12.1. The molecular formula is C13H11ClN2O3S. The molecule has 7 heteroatoms. The molecular weight excluding hydrogens is 300 g/mol. The number of carbonyl (C=O) groups excluding carboxylic acids is 1. The van der Waals surface area contributed by atoms with Crippen molar-refractivity contribution in [3.63, 3.8) is 0 Å². The summed E-state index contributed by atoms with van der Waals surface area (Å²) >= 11 is 0. The van der Waals surface area contributed by atoms with Gasteiger partial charge in [-0.05, 0) is 0 Å². The monoisotopic (exact) mass is 310 g/mol. The van der Waals surface area contributed by atoms with Crippen molar-refractivity contribution >= 4 is 42.1 Å². The number of hydrogen-bond donors (Lipinski definition) is 0. The van der Waals surface area contributed by atoms with Crippen LogP contribution in [0.25, 0.3) is 10.8 Å². The van der Waals surface area contributed by atoms with Gasteiger partial charge >= 0.3 is 0 Å². The smallest absolute Gasteiger partial charge is 0.237 e. The Morgan fingerprint density at radius 1 is 1.25 bits per heavy atom. The van der Waals surface area contributed by atoms with Gasteiger partial charge in [0.05, 0.1) is 11.9 Å². The average molecular weight is 311 g/mol. The van der Waals surface area contributed by atoms with E-state index in [2.05, 4.69) is 4.98 Å². The first kappa shape index (κ1) is 13.3. The highest BCUT2D eigenvalue weighted by Crippen LogP contribution is 2.31. The first-order valence-corrected chi connectivity index (χ1v) is 8.40.